The predicted octanol–water partition coefficient (Wildman–Crippen LogP) is 1.59. The molecule has 9 nitrogen and oxygen atoms in total. The molecule has 0 fully saturated rings. The Balaban J connectivity index is 1.51. The molecule has 3 aromatic rings. The van der Waals surface area contributed by atoms with Crippen LogP contribution in [0.15, 0.2) is 50.2 Å². The molecule has 30 heavy (non-hydrogen) atoms. The van der Waals surface area contributed by atoms with Crippen LogP contribution in [0, 0.1) is 13.8 Å². The second-order valence-corrected chi connectivity index (χ2v) is 6.62. The molecule has 0 aliphatic rings. The molecule has 0 aliphatic carbocycles. The molecule has 0 unspecified atom stereocenters. The minimum Gasteiger partial charge on any atom is -0.459 e. The molecule has 2 heterocycles. The van der Waals surface area contributed by atoms with Crippen LogP contribution in [0.4, 0.5) is 0 Å². The standard InChI is InChI=1S/C21H20N2O7/c1-12-6-15-14(8-19(25)30-17(15)7-13(12)2)11-29-20(26)10-22-18(24)9-23-21(27)16-4-3-5-28-16/h3-8H,9-11H2,1-2H3,(H,22,24)(H,23,27). The monoisotopic (exact) mass is 412 g/mol. The highest BCUT2D eigenvalue weighted by atomic mass is 16.5. The number of hydrogen-bond acceptors (Lipinski definition) is 7. The highest BCUT2D eigenvalue weighted by Gasteiger charge is 2.13. The highest BCUT2D eigenvalue weighted by molar-refractivity contribution is 5.94. The van der Waals surface area contributed by atoms with Gasteiger partial charge in [0.1, 0.15) is 18.7 Å². The second-order valence-electron chi connectivity index (χ2n) is 6.62. The van der Waals surface area contributed by atoms with E-state index < -0.39 is 23.4 Å². The van der Waals surface area contributed by atoms with Gasteiger partial charge in [-0.05, 0) is 49.2 Å². The van der Waals surface area contributed by atoms with Crippen LogP contribution in [0.2, 0.25) is 0 Å². The molecule has 0 bridgehead atoms. The first-order valence-corrected chi connectivity index (χ1v) is 9.11. The maximum atomic E-state index is 11.9. The Kier molecular flexibility index (Phi) is 6.31. The Bertz CT molecular complexity index is 1150. The molecule has 2 aromatic heterocycles. The zero-order valence-electron chi connectivity index (χ0n) is 16.4. The fourth-order valence-corrected chi connectivity index (χ4v) is 2.70. The van der Waals surface area contributed by atoms with Crippen molar-refractivity contribution in [1.82, 2.24) is 10.6 Å². The summed E-state index contributed by atoms with van der Waals surface area (Å²) in [5, 5.41) is 5.38. The molecule has 2 amide bonds. The van der Waals surface area contributed by atoms with E-state index in [-0.39, 0.29) is 25.5 Å². The largest absolute Gasteiger partial charge is 0.459 e. The molecule has 0 saturated carbocycles. The third kappa shape index (κ3) is 5.13. The first kappa shape index (κ1) is 20.8. The zero-order valence-corrected chi connectivity index (χ0v) is 16.4. The van der Waals surface area contributed by atoms with Crippen LogP contribution >= 0.6 is 0 Å². The molecule has 0 spiro atoms. The van der Waals surface area contributed by atoms with E-state index in [9.17, 15) is 19.2 Å². The van der Waals surface area contributed by atoms with E-state index in [0.29, 0.717) is 16.5 Å². The summed E-state index contributed by atoms with van der Waals surface area (Å²) in [5.74, 6) is -1.72. The lowest BCUT2D eigenvalue weighted by Crippen LogP contribution is -2.39. The van der Waals surface area contributed by atoms with E-state index in [1.54, 1.807) is 12.1 Å². The van der Waals surface area contributed by atoms with Crippen molar-refractivity contribution in [1.29, 1.82) is 0 Å². The van der Waals surface area contributed by atoms with E-state index in [0.717, 1.165) is 11.1 Å². The van der Waals surface area contributed by atoms with E-state index >= 15 is 0 Å². The van der Waals surface area contributed by atoms with Crippen molar-refractivity contribution in [3.8, 4) is 0 Å². The lowest BCUT2D eigenvalue weighted by molar-refractivity contribution is -0.145. The van der Waals surface area contributed by atoms with E-state index in [1.165, 1.54) is 18.4 Å². The van der Waals surface area contributed by atoms with Crippen LogP contribution < -0.4 is 16.3 Å². The van der Waals surface area contributed by atoms with Gasteiger partial charge in [0.25, 0.3) is 5.91 Å². The number of hydrogen-bond donors (Lipinski definition) is 2. The number of carbonyl (C=O) groups excluding carboxylic acids is 3. The van der Waals surface area contributed by atoms with Gasteiger partial charge in [-0.25, -0.2) is 4.79 Å². The summed E-state index contributed by atoms with van der Waals surface area (Å²) in [5.41, 5.74) is 2.36. The summed E-state index contributed by atoms with van der Waals surface area (Å²) in [4.78, 5) is 47.2. The van der Waals surface area contributed by atoms with Gasteiger partial charge in [0, 0.05) is 17.0 Å². The Hall–Kier alpha value is -3.88. The predicted molar refractivity (Wildman–Crippen MR) is 106 cm³/mol. The van der Waals surface area contributed by atoms with Crippen LogP contribution in [-0.4, -0.2) is 30.9 Å². The number of furan rings is 1. The molecule has 156 valence electrons. The molecule has 0 saturated heterocycles. The fraction of sp³-hybridized carbons (Fsp3) is 0.238. The number of aryl methyl sites for hydroxylation is 2. The van der Waals surface area contributed by atoms with Crippen LogP contribution in [-0.2, 0) is 20.9 Å². The van der Waals surface area contributed by atoms with Gasteiger partial charge < -0.3 is 24.2 Å². The van der Waals surface area contributed by atoms with E-state index in [4.69, 9.17) is 13.6 Å². The van der Waals surface area contributed by atoms with Gasteiger partial charge in [0.15, 0.2) is 5.76 Å². The number of nitrogens with one attached hydrogen (secondary N) is 2. The summed E-state index contributed by atoms with van der Waals surface area (Å²) >= 11 is 0. The smallest absolute Gasteiger partial charge is 0.336 e. The van der Waals surface area contributed by atoms with Gasteiger partial charge in [0.2, 0.25) is 5.91 Å². The van der Waals surface area contributed by atoms with Crippen molar-refractivity contribution in [2.24, 2.45) is 0 Å². The molecular weight excluding hydrogens is 392 g/mol. The van der Waals surface area contributed by atoms with Crippen molar-refractivity contribution >= 4 is 28.8 Å². The van der Waals surface area contributed by atoms with Gasteiger partial charge in [-0.15, -0.1) is 0 Å². The van der Waals surface area contributed by atoms with Crippen LogP contribution in [0.25, 0.3) is 11.0 Å². The molecule has 0 radical (unpaired) electrons. The van der Waals surface area contributed by atoms with Crippen molar-refractivity contribution in [3.05, 3.63) is 69.5 Å². The molecule has 3 rings (SSSR count). The maximum Gasteiger partial charge on any atom is 0.336 e. The SMILES string of the molecule is Cc1cc2oc(=O)cc(COC(=O)CNC(=O)CNC(=O)c3ccco3)c2cc1C. The van der Waals surface area contributed by atoms with Gasteiger partial charge in [0.05, 0.1) is 12.8 Å². The van der Waals surface area contributed by atoms with Crippen molar-refractivity contribution < 1.29 is 28.0 Å². The highest BCUT2D eigenvalue weighted by Crippen LogP contribution is 2.22. The maximum absolute atomic E-state index is 11.9. The number of benzene rings is 1. The van der Waals surface area contributed by atoms with Crippen molar-refractivity contribution in [3.63, 3.8) is 0 Å². The molecular formula is C21H20N2O7. The van der Waals surface area contributed by atoms with Crippen LogP contribution in [0.5, 0.6) is 0 Å². The average molecular weight is 412 g/mol. The first-order chi connectivity index (χ1) is 14.3. The number of esters is 1. The van der Waals surface area contributed by atoms with Crippen LogP contribution in [0.3, 0.4) is 0 Å². The summed E-state index contributed by atoms with van der Waals surface area (Å²) in [6.07, 6.45) is 1.34. The number of ether oxygens (including phenoxy) is 1. The third-order valence-electron chi connectivity index (χ3n) is 4.42. The number of carbonyl (C=O) groups is 3. The van der Waals surface area contributed by atoms with E-state index in [1.807, 2.05) is 19.9 Å². The van der Waals surface area contributed by atoms with Gasteiger partial charge in [-0.2, -0.15) is 0 Å². The number of fused-ring (bicyclic) bond motifs is 1. The molecule has 9 heteroatoms. The van der Waals surface area contributed by atoms with E-state index in [2.05, 4.69) is 10.6 Å². The lowest BCUT2D eigenvalue weighted by atomic mass is 10.0. The topological polar surface area (TPSA) is 128 Å². The summed E-state index contributed by atoms with van der Waals surface area (Å²) in [7, 11) is 0. The summed E-state index contributed by atoms with van der Waals surface area (Å²) in [6, 6.07) is 7.90. The normalized spacial score (nSPS) is 10.6. The summed E-state index contributed by atoms with van der Waals surface area (Å²) < 4.78 is 15.3. The third-order valence-corrected chi connectivity index (χ3v) is 4.42. The second kappa shape index (κ2) is 9.08. The quantitative estimate of drug-likeness (QED) is 0.445. The Labute approximate surface area is 171 Å². The van der Waals surface area contributed by atoms with Gasteiger partial charge in [-0.3, -0.25) is 14.4 Å². The molecule has 0 atom stereocenters. The van der Waals surface area contributed by atoms with Gasteiger partial charge in [-0.1, -0.05) is 0 Å². The minimum atomic E-state index is -0.689. The van der Waals surface area contributed by atoms with Crippen molar-refractivity contribution in [2.75, 3.05) is 13.1 Å². The molecule has 0 aliphatic heterocycles. The Morgan fingerprint density at radius 1 is 1.03 bits per heavy atom. The number of amides is 2. The average Bonchev–Trinajstić information content (AvgIpc) is 3.25. The number of rotatable bonds is 7. The summed E-state index contributed by atoms with van der Waals surface area (Å²) in [6.45, 7) is 2.98. The van der Waals surface area contributed by atoms with Gasteiger partial charge >= 0.3 is 11.6 Å². The van der Waals surface area contributed by atoms with Crippen LogP contribution in [0.1, 0.15) is 27.2 Å². The first-order valence-electron chi connectivity index (χ1n) is 9.11. The Morgan fingerprint density at radius 3 is 2.53 bits per heavy atom. The molecule has 2 N–H and O–H groups in total. The zero-order chi connectivity index (χ0) is 21.7. The fourth-order valence-electron chi connectivity index (χ4n) is 2.70. The Morgan fingerprint density at radius 2 is 1.80 bits per heavy atom. The minimum absolute atomic E-state index is 0.0761. The lowest BCUT2D eigenvalue weighted by Gasteiger charge is -2.10. The molecule has 1 aromatic carbocycles. The van der Waals surface area contributed by atoms with Crippen molar-refractivity contribution in [2.45, 2.75) is 20.5 Å².